The van der Waals surface area contributed by atoms with Crippen molar-refractivity contribution in [3.63, 3.8) is 0 Å². The minimum atomic E-state index is -0.742. The van der Waals surface area contributed by atoms with E-state index in [0.29, 0.717) is 38.0 Å². The van der Waals surface area contributed by atoms with Gasteiger partial charge in [0.2, 0.25) is 5.91 Å². The Hall–Kier alpha value is -3.48. The van der Waals surface area contributed by atoms with E-state index in [2.05, 4.69) is 17.2 Å². The third-order valence-corrected chi connectivity index (χ3v) is 5.67. The molecular weight excluding hydrogens is 409 g/mol. The summed E-state index contributed by atoms with van der Waals surface area (Å²) in [5, 5.41) is 5.64. The van der Waals surface area contributed by atoms with Gasteiger partial charge < -0.3 is 15.5 Å². The maximum atomic E-state index is 14.0. The molecule has 2 aromatic carbocycles. The van der Waals surface area contributed by atoms with Gasteiger partial charge in [-0.25, -0.2) is 4.39 Å². The van der Waals surface area contributed by atoms with Gasteiger partial charge in [0.05, 0.1) is 5.56 Å². The summed E-state index contributed by atoms with van der Waals surface area (Å²) >= 11 is 0. The van der Waals surface area contributed by atoms with Gasteiger partial charge in [-0.15, -0.1) is 6.58 Å². The van der Waals surface area contributed by atoms with Gasteiger partial charge in [-0.3, -0.25) is 14.4 Å². The highest BCUT2D eigenvalue weighted by Crippen LogP contribution is 2.23. The Morgan fingerprint density at radius 2 is 1.88 bits per heavy atom. The average molecular weight is 438 g/mol. The van der Waals surface area contributed by atoms with E-state index in [1.54, 1.807) is 41.3 Å². The van der Waals surface area contributed by atoms with Gasteiger partial charge in [0.15, 0.2) is 0 Å². The number of halogens is 1. The summed E-state index contributed by atoms with van der Waals surface area (Å²) in [6.07, 6.45) is 2.61. The van der Waals surface area contributed by atoms with Gasteiger partial charge in [0.25, 0.3) is 11.8 Å². The Labute approximate surface area is 187 Å². The van der Waals surface area contributed by atoms with Gasteiger partial charge >= 0.3 is 0 Å². The zero-order valence-corrected chi connectivity index (χ0v) is 18.1. The average Bonchev–Trinajstić information content (AvgIpc) is 2.81. The van der Waals surface area contributed by atoms with Crippen LogP contribution in [-0.4, -0.2) is 48.3 Å². The van der Waals surface area contributed by atoms with Crippen LogP contribution in [0, 0.1) is 18.7 Å². The lowest BCUT2D eigenvalue weighted by atomic mass is 9.88. The van der Waals surface area contributed by atoms with Crippen LogP contribution in [0.15, 0.2) is 61.2 Å². The van der Waals surface area contributed by atoms with Crippen LogP contribution < -0.4 is 10.6 Å². The molecule has 168 valence electrons. The Kier molecular flexibility index (Phi) is 7.76. The summed E-state index contributed by atoms with van der Waals surface area (Å²) in [4.78, 5) is 39.9. The molecule has 0 spiro atoms. The van der Waals surface area contributed by atoms with Crippen molar-refractivity contribution in [3.05, 3.63) is 83.7 Å². The fraction of sp³-hybridized carbons (Fsp3) is 0.320. The van der Waals surface area contributed by atoms with Gasteiger partial charge in [-0.1, -0.05) is 35.9 Å². The predicted octanol–water partition coefficient (Wildman–Crippen LogP) is 3.09. The predicted molar refractivity (Wildman–Crippen MR) is 121 cm³/mol. The highest BCUT2D eigenvalue weighted by Gasteiger charge is 2.34. The molecule has 1 aliphatic rings. The molecule has 0 bridgehead atoms. The second-order valence-electron chi connectivity index (χ2n) is 7.96. The summed E-state index contributed by atoms with van der Waals surface area (Å²) in [5.41, 5.74) is 1.47. The molecule has 7 heteroatoms. The molecular formula is C25H28FN3O3. The van der Waals surface area contributed by atoms with E-state index < -0.39 is 11.9 Å². The summed E-state index contributed by atoms with van der Waals surface area (Å²) < 4.78 is 14.0. The monoisotopic (exact) mass is 437 g/mol. The van der Waals surface area contributed by atoms with Crippen LogP contribution in [0.3, 0.4) is 0 Å². The Morgan fingerprint density at radius 1 is 1.16 bits per heavy atom. The van der Waals surface area contributed by atoms with Crippen molar-refractivity contribution in [1.82, 2.24) is 15.5 Å². The summed E-state index contributed by atoms with van der Waals surface area (Å²) in [5.74, 6) is -1.68. The van der Waals surface area contributed by atoms with Crippen LogP contribution in [0.5, 0.6) is 0 Å². The maximum absolute atomic E-state index is 14.0. The van der Waals surface area contributed by atoms with Crippen LogP contribution in [-0.2, 0) is 4.79 Å². The molecule has 1 saturated heterocycles. The fourth-order valence-electron chi connectivity index (χ4n) is 3.93. The number of carbonyl (C=O) groups is 3. The Bertz CT molecular complexity index is 999. The number of carbonyl (C=O) groups excluding carboxylic acids is 3. The molecule has 0 saturated carbocycles. The highest BCUT2D eigenvalue weighted by atomic mass is 19.1. The number of hydrogen-bond acceptors (Lipinski definition) is 3. The molecule has 1 aliphatic heterocycles. The first-order valence-electron chi connectivity index (χ1n) is 10.7. The number of hydrogen-bond donors (Lipinski definition) is 2. The minimum Gasteiger partial charge on any atom is -0.351 e. The van der Waals surface area contributed by atoms with Crippen molar-refractivity contribution in [1.29, 1.82) is 0 Å². The molecule has 2 N–H and O–H groups in total. The number of aryl methyl sites for hydroxylation is 1. The quantitative estimate of drug-likeness (QED) is 0.654. The topological polar surface area (TPSA) is 78.5 Å². The van der Waals surface area contributed by atoms with Gasteiger partial charge in [-0.2, -0.15) is 0 Å². The zero-order chi connectivity index (χ0) is 23.1. The third kappa shape index (κ3) is 5.60. The van der Waals surface area contributed by atoms with E-state index in [9.17, 15) is 18.8 Å². The van der Waals surface area contributed by atoms with E-state index in [4.69, 9.17) is 0 Å². The number of amides is 3. The summed E-state index contributed by atoms with van der Waals surface area (Å²) in [6, 6.07) is 12.3. The standard InChI is InChI=1S/C25H28FN3O3/c1-3-13-27-24(31)22(28-23(30)19-8-6-7-17(2)16-19)18-11-14-29(15-12-18)25(32)20-9-4-5-10-21(20)26/h3-10,16,18,22H,1,11-15H2,2H3,(H,27,31)(H,28,30). The molecule has 3 amide bonds. The smallest absolute Gasteiger partial charge is 0.256 e. The van der Waals surface area contributed by atoms with Crippen LogP contribution in [0.1, 0.15) is 39.1 Å². The van der Waals surface area contributed by atoms with Gasteiger partial charge in [0, 0.05) is 25.2 Å². The molecule has 2 aromatic rings. The van der Waals surface area contributed by atoms with E-state index in [1.165, 1.54) is 12.1 Å². The maximum Gasteiger partial charge on any atom is 0.256 e. The Morgan fingerprint density at radius 3 is 2.53 bits per heavy atom. The second kappa shape index (κ2) is 10.7. The normalized spacial score (nSPS) is 15.0. The molecule has 1 fully saturated rings. The second-order valence-corrected chi connectivity index (χ2v) is 7.96. The number of likely N-dealkylation sites (tertiary alicyclic amines) is 1. The van der Waals surface area contributed by atoms with Gasteiger partial charge in [0.1, 0.15) is 11.9 Å². The number of nitrogens with zero attached hydrogens (tertiary/aromatic N) is 1. The van der Waals surface area contributed by atoms with Gasteiger partial charge in [-0.05, 0) is 49.9 Å². The lowest BCUT2D eigenvalue weighted by Gasteiger charge is -2.36. The molecule has 1 unspecified atom stereocenters. The zero-order valence-electron chi connectivity index (χ0n) is 18.1. The highest BCUT2D eigenvalue weighted by molar-refractivity contribution is 5.98. The lowest BCUT2D eigenvalue weighted by Crippen LogP contribution is -2.53. The van der Waals surface area contributed by atoms with Crippen LogP contribution in [0.25, 0.3) is 0 Å². The van der Waals surface area contributed by atoms with Crippen LogP contribution >= 0.6 is 0 Å². The molecule has 1 heterocycles. The first kappa shape index (κ1) is 23.2. The van der Waals surface area contributed by atoms with Crippen molar-refractivity contribution < 1.29 is 18.8 Å². The van der Waals surface area contributed by atoms with E-state index in [1.807, 2.05) is 13.0 Å². The molecule has 0 radical (unpaired) electrons. The molecule has 1 atom stereocenters. The number of rotatable bonds is 7. The number of piperidine rings is 1. The largest absolute Gasteiger partial charge is 0.351 e. The van der Waals surface area contributed by atoms with Crippen LogP contribution in [0.4, 0.5) is 4.39 Å². The summed E-state index contributed by atoms with van der Waals surface area (Å²) in [6.45, 7) is 6.56. The number of benzene rings is 2. The van der Waals surface area contributed by atoms with Crippen molar-refractivity contribution in [2.45, 2.75) is 25.8 Å². The lowest BCUT2D eigenvalue weighted by molar-refractivity contribution is -0.124. The molecule has 6 nitrogen and oxygen atoms in total. The third-order valence-electron chi connectivity index (χ3n) is 5.67. The molecule has 32 heavy (non-hydrogen) atoms. The Balaban J connectivity index is 1.70. The first-order valence-corrected chi connectivity index (χ1v) is 10.7. The first-order chi connectivity index (χ1) is 15.4. The van der Waals surface area contributed by atoms with Crippen molar-refractivity contribution >= 4 is 17.7 Å². The van der Waals surface area contributed by atoms with E-state index in [0.717, 1.165) is 5.56 Å². The van der Waals surface area contributed by atoms with Crippen LogP contribution in [0.2, 0.25) is 0 Å². The molecule has 0 aliphatic carbocycles. The minimum absolute atomic E-state index is 0.0407. The van der Waals surface area contributed by atoms with Crippen molar-refractivity contribution in [2.24, 2.45) is 5.92 Å². The fourth-order valence-corrected chi connectivity index (χ4v) is 3.93. The number of nitrogens with one attached hydrogen (secondary N) is 2. The summed E-state index contributed by atoms with van der Waals surface area (Å²) in [7, 11) is 0. The van der Waals surface area contributed by atoms with Crippen molar-refractivity contribution in [2.75, 3.05) is 19.6 Å². The van der Waals surface area contributed by atoms with E-state index in [-0.39, 0.29) is 29.2 Å². The molecule has 3 rings (SSSR count). The van der Waals surface area contributed by atoms with E-state index >= 15 is 0 Å². The molecule has 0 aromatic heterocycles. The van der Waals surface area contributed by atoms with Crippen molar-refractivity contribution in [3.8, 4) is 0 Å². The SMILES string of the molecule is C=CCNC(=O)C(NC(=O)c1cccc(C)c1)C1CCN(C(=O)c2ccccc2F)CC1.